The van der Waals surface area contributed by atoms with Crippen molar-refractivity contribution >= 4 is 22.6 Å². The Morgan fingerprint density at radius 2 is 1.69 bits per heavy atom. The van der Waals surface area contributed by atoms with Crippen LogP contribution in [0, 0.1) is 5.82 Å². The van der Waals surface area contributed by atoms with Gasteiger partial charge in [-0.05, 0) is 42.5 Å². The molecular weight excluding hydrogens is 483 g/mol. The van der Waals surface area contributed by atoms with E-state index in [9.17, 15) is 35.5 Å². The van der Waals surface area contributed by atoms with Crippen molar-refractivity contribution < 1.29 is 40.3 Å². The van der Waals surface area contributed by atoms with Gasteiger partial charge in [0.05, 0.1) is 22.2 Å². The Balaban J connectivity index is 1.57. The van der Waals surface area contributed by atoms with Crippen molar-refractivity contribution in [3.8, 4) is 5.75 Å². The van der Waals surface area contributed by atoms with Crippen LogP contribution in [0.4, 0.5) is 36.6 Å². The van der Waals surface area contributed by atoms with E-state index in [4.69, 9.17) is 4.74 Å². The fourth-order valence-electron chi connectivity index (χ4n) is 3.30. The minimum absolute atomic E-state index is 0.0178. The van der Waals surface area contributed by atoms with E-state index in [1.165, 1.54) is 36.4 Å². The fraction of sp³-hybridized carbons (Fsp3) is 0.130. The number of aromatic amines is 1. The monoisotopic (exact) mass is 497 g/mol. The minimum atomic E-state index is -5.03. The zero-order chi connectivity index (χ0) is 25.4. The van der Waals surface area contributed by atoms with Gasteiger partial charge >= 0.3 is 12.4 Å². The highest BCUT2D eigenvalue weighted by molar-refractivity contribution is 6.08. The summed E-state index contributed by atoms with van der Waals surface area (Å²) in [5.41, 5.74) is -3.17. The van der Waals surface area contributed by atoms with Crippen LogP contribution < -0.4 is 10.1 Å². The first kappa shape index (κ1) is 24.0. The number of hydrogen-bond acceptors (Lipinski definition) is 3. The van der Waals surface area contributed by atoms with Crippen LogP contribution in [-0.2, 0) is 19.0 Å². The van der Waals surface area contributed by atoms with Crippen LogP contribution in [0.15, 0.2) is 60.7 Å². The number of hydrogen-bond donors (Lipinski definition) is 2. The molecule has 12 heteroatoms. The van der Waals surface area contributed by atoms with E-state index < -0.39 is 47.4 Å². The van der Waals surface area contributed by atoms with Crippen LogP contribution in [0.5, 0.6) is 5.75 Å². The molecule has 35 heavy (non-hydrogen) atoms. The van der Waals surface area contributed by atoms with Gasteiger partial charge in [0.25, 0.3) is 5.91 Å². The molecule has 0 aliphatic heterocycles. The van der Waals surface area contributed by atoms with Crippen LogP contribution in [0.3, 0.4) is 0 Å². The Hall–Kier alpha value is -4.09. The second-order valence-corrected chi connectivity index (χ2v) is 7.37. The third-order valence-electron chi connectivity index (χ3n) is 5.02. The molecule has 0 aliphatic carbocycles. The molecule has 1 heterocycles. The Kier molecular flexibility index (Phi) is 6.14. The maximum atomic E-state index is 13.9. The van der Waals surface area contributed by atoms with Crippen LogP contribution in [0.2, 0.25) is 0 Å². The normalized spacial score (nSPS) is 12.1. The molecular formula is C23H14F7N3O2. The highest BCUT2D eigenvalue weighted by Crippen LogP contribution is 2.38. The Labute approximate surface area is 192 Å². The van der Waals surface area contributed by atoms with E-state index in [1.807, 2.05) is 0 Å². The molecule has 2 N–H and O–H groups in total. The highest BCUT2D eigenvalue weighted by atomic mass is 19.4. The van der Waals surface area contributed by atoms with E-state index >= 15 is 0 Å². The van der Waals surface area contributed by atoms with Crippen LogP contribution in [-0.4, -0.2) is 16.1 Å². The number of nitrogens with zero attached hydrogens (tertiary/aromatic N) is 1. The number of carbonyl (C=O) groups excluding carboxylic acids is 1. The van der Waals surface area contributed by atoms with Gasteiger partial charge in [-0.25, -0.2) is 4.39 Å². The lowest BCUT2D eigenvalue weighted by atomic mass is 10.0. The quantitative estimate of drug-likeness (QED) is 0.307. The van der Waals surface area contributed by atoms with Crippen molar-refractivity contribution in [3.63, 3.8) is 0 Å². The first-order valence-corrected chi connectivity index (χ1v) is 9.87. The number of fused-ring (bicyclic) bond motifs is 1. The molecule has 4 aromatic rings. The molecule has 0 fully saturated rings. The molecule has 0 saturated heterocycles. The second-order valence-electron chi connectivity index (χ2n) is 7.37. The summed E-state index contributed by atoms with van der Waals surface area (Å²) >= 11 is 0. The molecule has 0 saturated carbocycles. The summed E-state index contributed by atoms with van der Waals surface area (Å²) in [7, 11) is 0. The van der Waals surface area contributed by atoms with Crippen LogP contribution in [0.1, 0.15) is 27.0 Å². The van der Waals surface area contributed by atoms with E-state index in [1.54, 1.807) is 0 Å². The molecule has 0 spiro atoms. The lowest BCUT2D eigenvalue weighted by Gasteiger charge is -2.16. The van der Waals surface area contributed by atoms with Crippen molar-refractivity contribution in [2.24, 2.45) is 0 Å². The van der Waals surface area contributed by atoms with Gasteiger partial charge in [-0.15, -0.1) is 0 Å². The van der Waals surface area contributed by atoms with Gasteiger partial charge in [0.15, 0.2) is 5.82 Å². The summed E-state index contributed by atoms with van der Waals surface area (Å²) in [6.45, 7) is -0.673. The number of carbonyl (C=O) groups is 1. The van der Waals surface area contributed by atoms with E-state index in [0.29, 0.717) is 23.0 Å². The van der Waals surface area contributed by atoms with Crippen molar-refractivity contribution in [3.05, 3.63) is 88.7 Å². The molecule has 0 aliphatic rings. The summed E-state index contributed by atoms with van der Waals surface area (Å²) in [6, 6.07) is 10.8. The number of amides is 1. The van der Waals surface area contributed by atoms with E-state index in [2.05, 4.69) is 15.5 Å². The van der Waals surface area contributed by atoms with Crippen molar-refractivity contribution in [1.82, 2.24) is 10.2 Å². The van der Waals surface area contributed by atoms with Crippen molar-refractivity contribution in [1.29, 1.82) is 0 Å². The summed E-state index contributed by atoms with van der Waals surface area (Å²) in [6.07, 6.45) is -9.96. The Morgan fingerprint density at radius 1 is 0.943 bits per heavy atom. The lowest BCUT2D eigenvalue weighted by molar-refractivity contribution is -0.143. The summed E-state index contributed by atoms with van der Waals surface area (Å²) < 4.78 is 97.9. The third kappa shape index (κ3) is 5.20. The zero-order valence-electron chi connectivity index (χ0n) is 17.4. The first-order chi connectivity index (χ1) is 16.4. The third-order valence-corrected chi connectivity index (χ3v) is 5.02. The smallest absolute Gasteiger partial charge is 0.416 e. The maximum absolute atomic E-state index is 13.9. The van der Waals surface area contributed by atoms with Gasteiger partial charge in [0.1, 0.15) is 18.2 Å². The van der Waals surface area contributed by atoms with E-state index in [0.717, 1.165) is 6.07 Å². The molecule has 3 aromatic carbocycles. The summed E-state index contributed by atoms with van der Waals surface area (Å²) in [4.78, 5) is 12.4. The number of aromatic nitrogens is 2. The minimum Gasteiger partial charge on any atom is -0.489 e. The fourth-order valence-corrected chi connectivity index (χ4v) is 3.30. The molecule has 1 amide bonds. The number of rotatable bonds is 5. The van der Waals surface area contributed by atoms with Gasteiger partial charge in [0.2, 0.25) is 0 Å². The van der Waals surface area contributed by atoms with Crippen LogP contribution in [0.25, 0.3) is 10.9 Å². The van der Waals surface area contributed by atoms with Gasteiger partial charge in [-0.1, -0.05) is 18.2 Å². The molecule has 0 bridgehead atoms. The zero-order valence-corrected chi connectivity index (χ0v) is 17.4. The SMILES string of the molecule is O=C(Nc1n[nH]c2ccc(OCc3ccc(C(F)(F)F)cc3C(F)(F)F)cc12)c1ccccc1F. The number of ether oxygens (including phenoxy) is 1. The maximum Gasteiger partial charge on any atom is 0.416 e. The summed E-state index contributed by atoms with van der Waals surface area (Å²) in [5.74, 6) is -1.44. The molecule has 182 valence electrons. The van der Waals surface area contributed by atoms with Gasteiger partial charge < -0.3 is 10.1 Å². The molecule has 0 atom stereocenters. The topological polar surface area (TPSA) is 67.0 Å². The average molecular weight is 497 g/mol. The first-order valence-electron chi connectivity index (χ1n) is 9.87. The molecule has 5 nitrogen and oxygen atoms in total. The number of anilines is 1. The molecule has 0 unspecified atom stereocenters. The molecule has 4 rings (SSSR count). The lowest BCUT2D eigenvalue weighted by Crippen LogP contribution is -2.14. The number of nitrogens with one attached hydrogen (secondary N) is 2. The predicted octanol–water partition coefficient (Wildman–Crippen LogP) is 6.57. The number of benzene rings is 3. The van der Waals surface area contributed by atoms with Gasteiger partial charge in [-0.2, -0.15) is 31.4 Å². The molecule has 1 aromatic heterocycles. The number of halogens is 7. The Bertz CT molecular complexity index is 1390. The van der Waals surface area contributed by atoms with Crippen LogP contribution >= 0.6 is 0 Å². The van der Waals surface area contributed by atoms with Gasteiger partial charge in [-0.3, -0.25) is 9.89 Å². The molecule has 0 radical (unpaired) electrons. The highest BCUT2D eigenvalue weighted by Gasteiger charge is 2.38. The van der Waals surface area contributed by atoms with Crippen molar-refractivity contribution in [2.45, 2.75) is 19.0 Å². The largest absolute Gasteiger partial charge is 0.489 e. The average Bonchev–Trinajstić information content (AvgIpc) is 3.18. The van der Waals surface area contributed by atoms with Crippen molar-refractivity contribution in [2.75, 3.05) is 5.32 Å². The predicted molar refractivity (Wildman–Crippen MR) is 111 cm³/mol. The number of alkyl halides is 6. The second kappa shape index (κ2) is 8.93. The van der Waals surface area contributed by atoms with E-state index in [-0.39, 0.29) is 23.2 Å². The number of H-pyrrole nitrogens is 1. The van der Waals surface area contributed by atoms with Gasteiger partial charge in [0, 0.05) is 10.9 Å². The standard InChI is InChI=1S/C23H14F7N3O2/c24-18-4-2-1-3-15(18)21(34)31-20-16-10-14(7-8-19(16)32-33-20)35-11-12-5-6-13(22(25,26)27)9-17(12)23(28,29)30/h1-10H,11H2,(H2,31,32,33,34). The summed E-state index contributed by atoms with van der Waals surface area (Å²) in [5, 5.41) is 9.34. The Morgan fingerprint density at radius 3 is 2.37 bits per heavy atom.